The van der Waals surface area contributed by atoms with Crippen LogP contribution in [0.1, 0.15) is 36.6 Å². The van der Waals surface area contributed by atoms with Gasteiger partial charge in [0.1, 0.15) is 0 Å². The third kappa shape index (κ3) is 3.17. The quantitative estimate of drug-likeness (QED) is 0.844. The summed E-state index contributed by atoms with van der Waals surface area (Å²) in [5.74, 6) is 0.0225. The van der Waals surface area contributed by atoms with Crippen molar-refractivity contribution in [3.8, 4) is 0 Å². The number of allylic oxidation sites excluding steroid dienone is 1. The Morgan fingerprint density at radius 1 is 1.59 bits per heavy atom. The van der Waals surface area contributed by atoms with Crippen molar-refractivity contribution in [1.29, 1.82) is 0 Å². The summed E-state index contributed by atoms with van der Waals surface area (Å²) in [6, 6.07) is 3.90. The van der Waals surface area contributed by atoms with E-state index in [0.29, 0.717) is 6.42 Å². The van der Waals surface area contributed by atoms with Crippen LogP contribution in [-0.2, 0) is 4.79 Å². The lowest BCUT2D eigenvalue weighted by Gasteiger charge is -2.16. The molecule has 1 aliphatic carbocycles. The second-order valence-electron chi connectivity index (χ2n) is 4.18. The van der Waals surface area contributed by atoms with Crippen LogP contribution in [0.5, 0.6) is 0 Å². The molecule has 4 heteroatoms. The predicted molar refractivity (Wildman–Crippen MR) is 68.8 cm³/mol. The molecule has 3 nitrogen and oxygen atoms in total. The number of carbonyl (C=O) groups is 1. The Balaban J connectivity index is 2.00. The number of rotatable bonds is 5. The second-order valence-corrected chi connectivity index (χ2v) is 5.15. The lowest BCUT2D eigenvalue weighted by atomic mass is 10.1. The van der Waals surface area contributed by atoms with Gasteiger partial charge in [-0.3, -0.25) is 4.79 Å². The molecule has 2 rings (SSSR count). The maximum atomic E-state index is 12.0. The minimum atomic E-state index is -0.0611. The first-order valence-electron chi connectivity index (χ1n) is 5.95. The van der Waals surface area contributed by atoms with Gasteiger partial charge in [-0.15, -0.1) is 11.3 Å². The van der Waals surface area contributed by atoms with Crippen molar-refractivity contribution in [2.75, 3.05) is 6.61 Å². The van der Waals surface area contributed by atoms with Gasteiger partial charge in [0.2, 0.25) is 5.91 Å². The topological polar surface area (TPSA) is 49.3 Å². The first-order chi connectivity index (χ1) is 8.31. The van der Waals surface area contributed by atoms with E-state index in [0.717, 1.165) is 29.7 Å². The van der Waals surface area contributed by atoms with Crippen LogP contribution in [0.2, 0.25) is 0 Å². The molecule has 0 spiro atoms. The molecule has 17 heavy (non-hydrogen) atoms. The molecule has 1 aromatic rings. The van der Waals surface area contributed by atoms with Gasteiger partial charge in [-0.2, -0.15) is 0 Å². The third-order valence-electron chi connectivity index (χ3n) is 2.94. The van der Waals surface area contributed by atoms with Crippen LogP contribution in [0.15, 0.2) is 29.2 Å². The van der Waals surface area contributed by atoms with Crippen molar-refractivity contribution in [1.82, 2.24) is 5.32 Å². The van der Waals surface area contributed by atoms with Crippen molar-refractivity contribution in [3.63, 3.8) is 0 Å². The van der Waals surface area contributed by atoms with Gasteiger partial charge < -0.3 is 10.4 Å². The molecule has 0 saturated carbocycles. The summed E-state index contributed by atoms with van der Waals surface area (Å²) in [4.78, 5) is 13.1. The summed E-state index contributed by atoms with van der Waals surface area (Å²) in [6.45, 7) is 0.0852. The zero-order chi connectivity index (χ0) is 12.1. The minimum absolute atomic E-state index is 0.0225. The summed E-state index contributed by atoms with van der Waals surface area (Å²) < 4.78 is 0. The molecule has 1 amide bonds. The number of aliphatic hydroxyl groups is 1. The number of aliphatic hydroxyl groups excluding tert-OH is 1. The van der Waals surface area contributed by atoms with E-state index >= 15 is 0 Å². The Bertz CT molecular complexity index is 398. The molecule has 0 aliphatic heterocycles. The smallest absolute Gasteiger partial charge is 0.247 e. The highest BCUT2D eigenvalue weighted by Crippen LogP contribution is 2.24. The van der Waals surface area contributed by atoms with Crippen LogP contribution >= 0.6 is 11.3 Å². The normalized spacial score (nSPS) is 16.6. The van der Waals surface area contributed by atoms with E-state index in [9.17, 15) is 4.79 Å². The number of hydrogen-bond donors (Lipinski definition) is 2. The first kappa shape index (κ1) is 12.3. The molecule has 0 radical (unpaired) electrons. The van der Waals surface area contributed by atoms with Gasteiger partial charge in [-0.05, 0) is 37.1 Å². The van der Waals surface area contributed by atoms with Crippen LogP contribution in [-0.4, -0.2) is 17.6 Å². The highest BCUT2D eigenvalue weighted by atomic mass is 32.1. The maximum Gasteiger partial charge on any atom is 0.247 e. The monoisotopic (exact) mass is 251 g/mol. The molecule has 0 saturated heterocycles. The summed E-state index contributed by atoms with van der Waals surface area (Å²) in [7, 11) is 0. The highest BCUT2D eigenvalue weighted by Gasteiger charge is 2.19. The zero-order valence-electron chi connectivity index (χ0n) is 9.69. The Labute approximate surface area is 105 Å². The minimum Gasteiger partial charge on any atom is -0.396 e. The van der Waals surface area contributed by atoms with Crippen molar-refractivity contribution >= 4 is 17.2 Å². The molecule has 1 aromatic heterocycles. The molecule has 0 aromatic carbocycles. The van der Waals surface area contributed by atoms with Crippen LogP contribution < -0.4 is 5.32 Å². The van der Waals surface area contributed by atoms with Crippen LogP contribution in [0, 0.1) is 0 Å². The van der Waals surface area contributed by atoms with Gasteiger partial charge >= 0.3 is 0 Å². The second kappa shape index (κ2) is 5.98. The van der Waals surface area contributed by atoms with Gasteiger partial charge in [0.15, 0.2) is 0 Å². The van der Waals surface area contributed by atoms with Crippen molar-refractivity contribution in [2.24, 2.45) is 0 Å². The van der Waals surface area contributed by atoms with Crippen molar-refractivity contribution in [3.05, 3.63) is 34.0 Å². The van der Waals surface area contributed by atoms with E-state index in [1.165, 1.54) is 0 Å². The fourth-order valence-corrected chi connectivity index (χ4v) is 2.84. The zero-order valence-corrected chi connectivity index (χ0v) is 10.5. The summed E-state index contributed by atoms with van der Waals surface area (Å²) in [5, 5.41) is 14.0. The summed E-state index contributed by atoms with van der Waals surface area (Å²) in [6.07, 6.45) is 5.54. The van der Waals surface area contributed by atoms with E-state index in [4.69, 9.17) is 5.11 Å². The fraction of sp³-hybridized carbons (Fsp3) is 0.462. The average molecular weight is 251 g/mol. The number of hydrogen-bond acceptors (Lipinski definition) is 3. The Morgan fingerprint density at radius 3 is 3.06 bits per heavy atom. The Kier molecular flexibility index (Phi) is 4.34. The number of amides is 1. The molecular formula is C13H17NO2S. The molecule has 0 unspecified atom stereocenters. The number of thiophene rings is 1. The average Bonchev–Trinajstić information content (AvgIpc) is 3.01. The van der Waals surface area contributed by atoms with Crippen LogP contribution in [0.25, 0.3) is 0 Å². The summed E-state index contributed by atoms with van der Waals surface area (Å²) in [5.41, 5.74) is 0.893. The third-order valence-corrected chi connectivity index (χ3v) is 3.93. The van der Waals surface area contributed by atoms with E-state index in [-0.39, 0.29) is 18.6 Å². The van der Waals surface area contributed by atoms with Crippen molar-refractivity contribution in [2.45, 2.75) is 31.7 Å². The molecule has 2 N–H and O–H groups in total. The Morgan fingerprint density at radius 2 is 2.47 bits per heavy atom. The van der Waals surface area contributed by atoms with Gasteiger partial charge in [-0.25, -0.2) is 0 Å². The van der Waals surface area contributed by atoms with E-state index < -0.39 is 0 Å². The van der Waals surface area contributed by atoms with E-state index in [1.807, 2.05) is 23.6 Å². The van der Waals surface area contributed by atoms with Crippen molar-refractivity contribution < 1.29 is 9.90 Å². The van der Waals surface area contributed by atoms with Gasteiger partial charge in [0, 0.05) is 17.1 Å². The molecular weight excluding hydrogens is 234 g/mol. The standard InChI is InChI=1S/C13H17NO2S/c15-8-7-11(12-6-3-9-17-12)14-13(16)10-4-1-2-5-10/h3-4,6,9,11,15H,1-2,5,7-8H2,(H,14,16)/t11-/m1/s1. The van der Waals surface area contributed by atoms with E-state index in [1.54, 1.807) is 11.3 Å². The molecule has 92 valence electrons. The largest absolute Gasteiger partial charge is 0.396 e. The summed E-state index contributed by atoms with van der Waals surface area (Å²) >= 11 is 1.61. The van der Waals surface area contributed by atoms with Gasteiger partial charge in [0.05, 0.1) is 6.04 Å². The number of nitrogens with one attached hydrogen (secondary N) is 1. The predicted octanol–water partition coefficient (Wildman–Crippen LogP) is 2.40. The first-order valence-corrected chi connectivity index (χ1v) is 6.83. The lowest BCUT2D eigenvalue weighted by molar-refractivity contribution is -0.118. The molecule has 0 fully saturated rings. The SMILES string of the molecule is O=C(N[C@H](CCO)c1cccs1)C1=CCCC1. The molecule has 1 heterocycles. The van der Waals surface area contributed by atoms with Crippen LogP contribution in [0.4, 0.5) is 0 Å². The Hall–Kier alpha value is -1.13. The van der Waals surface area contributed by atoms with Gasteiger partial charge in [0.25, 0.3) is 0 Å². The van der Waals surface area contributed by atoms with Gasteiger partial charge in [-0.1, -0.05) is 12.1 Å². The molecule has 1 aliphatic rings. The molecule has 1 atom stereocenters. The molecule has 0 bridgehead atoms. The highest BCUT2D eigenvalue weighted by molar-refractivity contribution is 7.10. The van der Waals surface area contributed by atoms with E-state index in [2.05, 4.69) is 5.32 Å². The number of carbonyl (C=O) groups excluding carboxylic acids is 1. The maximum absolute atomic E-state index is 12.0. The lowest BCUT2D eigenvalue weighted by Crippen LogP contribution is -2.29. The fourth-order valence-electron chi connectivity index (χ4n) is 2.03. The van der Waals surface area contributed by atoms with Crippen LogP contribution in [0.3, 0.4) is 0 Å².